The number of fused-ring (bicyclic) bond motifs is 8. The molecule has 2 aromatic heterocycles. The molecular weight excluding hydrogens is 543 g/mol. The summed E-state index contributed by atoms with van der Waals surface area (Å²) < 4.78 is 9.08. The Labute approximate surface area is 252 Å². The lowest BCUT2D eigenvalue weighted by Gasteiger charge is -2.27. The maximum absolute atomic E-state index is 6.51. The van der Waals surface area contributed by atoms with Crippen molar-refractivity contribution < 1.29 is 4.42 Å². The molecule has 0 atom stereocenters. The molecule has 43 heavy (non-hydrogen) atoms. The molecule has 0 saturated carbocycles. The van der Waals surface area contributed by atoms with E-state index in [-0.39, 0.29) is 0 Å². The molecule has 2 heterocycles. The minimum atomic E-state index is 0.926. The third-order valence-electron chi connectivity index (χ3n) is 8.45. The molecule has 9 aromatic rings. The largest absolute Gasteiger partial charge is 0.456 e. The van der Waals surface area contributed by atoms with E-state index < -0.39 is 0 Å². The maximum Gasteiger partial charge on any atom is 0.137 e. The second-order valence-corrected chi connectivity index (χ2v) is 11.9. The fraction of sp³-hybridized carbons (Fsp3) is 0. The van der Waals surface area contributed by atoms with Crippen molar-refractivity contribution in [1.82, 2.24) is 0 Å². The van der Waals surface area contributed by atoms with Gasteiger partial charge in [-0.15, -0.1) is 11.3 Å². The Bertz CT molecular complexity index is 2420. The normalized spacial score (nSPS) is 11.7. The van der Waals surface area contributed by atoms with Crippen LogP contribution in [0.1, 0.15) is 0 Å². The number of furan rings is 1. The van der Waals surface area contributed by atoms with Crippen LogP contribution < -0.4 is 4.90 Å². The summed E-state index contributed by atoms with van der Waals surface area (Å²) in [5, 5.41) is 7.36. The summed E-state index contributed by atoms with van der Waals surface area (Å²) in [5.74, 6) is 0. The first kappa shape index (κ1) is 24.2. The van der Waals surface area contributed by atoms with Gasteiger partial charge in [-0.3, -0.25) is 0 Å². The highest BCUT2D eigenvalue weighted by Gasteiger charge is 2.22. The van der Waals surface area contributed by atoms with Crippen LogP contribution in [0.5, 0.6) is 0 Å². The van der Waals surface area contributed by atoms with Crippen molar-refractivity contribution in [3.8, 4) is 11.1 Å². The van der Waals surface area contributed by atoms with Crippen molar-refractivity contribution in [2.24, 2.45) is 0 Å². The summed E-state index contributed by atoms with van der Waals surface area (Å²) in [4.78, 5) is 2.35. The van der Waals surface area contributed by atoms with Crippen molar-refractivity contribution in [2.75, 3.05) is 4.90 Å². The van der Waals surface area contributed by atoms with Gasteiger partial charge in [0, 0.05) is 47.7 Å². The average Bonchev–Trinajstić information content (AvgIpc) is 3.64. The van der Waals surface area contributed by atoms with Gasteiger partial charge < -0.3 is 9.32 Å². The van der Waals surface area contributed by atoms with Crippen LogP contribution >= 0.6 is 11.3 Å². The predicted molar refractivity (Wildman–Crippen MR) is 184 cm³/mol. The van der Waals surface area contributed by atoms with E-state index in [1.54, 1.807) is 0 Å². The molecule has 0 aliphatic rings. The van der Waals surface area contributed by atoms with Crippen LogP contribution in [0.15, 0.2) is 156 Å². The molecule has 0 fully saturated rings. The van der Waals surface area contributed by atoms with Crippen LogP contribution in [0.2, 0.25) is 0 Å². The van der Waals surface area contributed by atoms with Gasteiger partial charge in [0.25, 0.3) is 0 Å². The van der Waals surface area contributed by atoms with Gasteiger partial charge in [0.1, 0.15) is 11.2 Å². The van der Waals surface area contributed by atoms with Crippen LogP contribution in [0.25, 0.3) is 64.0 Å². The minimum absolute atomic E-state index is 0.926. The molecule has 9 rings (SSSR count). The zero-order valence-electron chi connectivity index (χ0n) is 23.2. The number of benzene rings is 7. The topological polar surface area (TPSA) is 16.4 Å². The molecule has 0 aliphatic heterocycles. The van der Waals surface area contributed by atoms with E-state index >= 15 is 0 Å². The second kappa shape index (κ2) is 9.59. The van der Waals surface area contributed by atoms with Gasteiger partial charge >= 0.3 is 0 Å². The Kier molecular flexibility index (Phi) is 5.40. The molecule has 0 saturated heterocycles. The zero-order chi connectivity index (χ0) is 28.3. The Morgan fingerprint density at radius 2 is 1.05 bits per heavy atom. The summed E-state index contributed by atoms with van der Waals surface area (Å²) in [6.45, 7) is 0. The first-order valence-electron chi connectivity index (χ1n) is 14.5. The number of nitrogens with zero attached hydrogens (tertiary/aromatic N) is 1. The first-order valence-corrected chi connectivity index (χ1v) is 15.3. The van der Waals surface area contributed by atoms with E-state index in [9.17, 15) is 0 Å². The standard InChI is InChI=1S/C40H25NOS/c1-3-13-26(14-4-1)41(27-15-5-2-6-16-27)34-24-23-29(28-17-7-8-18-30(28)34)33-25-36-39(31-19-9-11-21-35(31)42-36)40-38(33)32-20-10-12-22-37(32)43-40/h1-25H. The Morgan fingerprint density at radius 3 is 1.79 bits per heavy atom. The highest BCUT2D eigenvalue weighted by Crippen LogP contribution is 2.49. The van der Waals surface area contributed by atoms with Crippen LogP contribution in [0, 0.1) is 0 Å². The molecule has 3 heteroatoms. The molecule has 2 nitrogen and oxygen atoms in total. The van der Waals surface area contributed by atoms with Crippen LogP contribution in [0.4, 0.5) is 17.1 Å². The van der Waals surface area contributed by atoms with Crippen LogP contribution in [-0.4, -0.2) is 0 Å². The van der Waals surface area contributed by atoms with Gasteiger partial charge in [-0.05, 0) is 65.0 Å². The fourth-order valence-electron chi connectivity index (χ4n) is 6.60. The van der Waals surface area contributed by atoms with E-state index in [0.29, 0.717) is 0 Å². The summed E-state index contributed by atoms with van der Waals surface area (Å²) in [5.41, 5.74) is 7.66. The van der Waals surface area contributed by atoms with E-state index in [2.05, 4.69) is 150 Å². The van der Waals surface area contributed by atoms with Crippen molar-refractivity contribution in [2.45, 2.75) is 0 Å². The smallest absolute Gasteiger partial charge is 0.137 e. The van der Waals surface area contributed by atoms with Crippen LogP contribution in [-0.2, 0) is 0 Å². The quantitative estimate of drug-likeness (QED) is 0.210. The van der Waals surface area contributed by atoms with Gasteiger partial charge in [-0.1, -0.05) is 103 Å². The van der Waals surface area contributed by atoms with E-state index in [1.807, 2.05) is 17.4 Å². The fourth-order valence-corrected chi connectivity index (χ4v) is 7.88. The third-order valence-corrected chi connectivity index (χ3v) is 9.64. The van der Waals surface area contributed by atoms with Crippen molar-refractivity contribution in [3.05, 3.63) is 152 Å². The first-order chi connectivity index (χ1) is 21.3. The Hall–Kier alpha value is -5.38. The highest BCUT2D eigenvalue weighted by atomic mass is 32.1. The molecule has 7 aromatic carbocycles. The highest BCUT2D eigenvalue weighted by molar-refractivity contribution is 7.27. The minimum Gasteiger partial charge on any atom is -0.456 e. The van der Waals surface area contributed by atoms with E-state index in [0.717, 1.165) is 28.2 Å². The second-order valence-electron chi connectivity index (χ2n) is 10.9. The lowest BCUT2D eigenvalue weighted by molar-refractivity contribution is 0.669. The van der Waals surface area contributed by atoms with Crippen molar-refractivity contribution in [1.29, 1.82) is 0 Å². The van der Waals surface area contributed by atoms with E-state index in [1.165, 1.54) is 52.8 Å². The van der Waals surface area contributed by atoms with Gasteiger partial charge in [0.15, 0.2) is 0 Å². The number of rotatable bonds is 4. The summed E-state index contributed by atoms with van der Waals surface area (Å²) in [7, 11) is 0. The van der Waals surface area contributed by atoms with Crippen LogP contribution in [0.3, 0.4) is 0 Å². The third kappa shape index (κ3) is 3.72. The molecule has 0 aliphatic carbocycles. The molecule has 0 unspecified atom stereocenters. The number of para-hydroxylation sites is 3. The summed E-state index contributed by atoms with van der Waals surface area (Å²) in [6, 6.07) is 54.0. The Balaban J connectivity index is 1.37. The molecule has 0 N–H and O–H groups in total. The number of hydrogen-bond donors (Lipinski definition) is 0. The molecule has 0 amide bonds. The SMILES string of the molecule is c1ccc(N(c2ccccc2)c2ccc(-c3cc4oc5ccccc5c4c4sc5ccccc5c34)c3ccccc23)cc1. The molecule has 202 valence electrons. The van der Waals surface area contributed by atoms with E-state index in [4.69, 9.17) is 4.42 Å². The molecule has 0 spiro atoms. The molecular formula is C40H25NOS. The van der Waals surface area contributed by atoms with Gasteiger partial charge in [0.05, 0.1) is 5.69 Å². The lowest BCUT2D eigenvalue weighted by atomic mass is 9.92. The van der Waals surface area contributed by atoms with Gasteiger partial charge in [0.2, 0.25) is 0 Å². The number of thiophene rings is 1. The zero-order valence-corrected chi connectivity index (χ0v) is 24.0. The van der Waals surface area contributed by atoms with Crippen molar-refractivity contribution in [3.63, 3.8) is 0 Å². The maximum atomic E-state index is 6.51. The number of hydrogen-bond acceptors (Lipinski definition) is 3. The average molecular weight is 568 g/mol. The summed E-state index contributed by atoms with van der Waals surface area (Å²) >= 11 is 1.86. The molecule has 0 radical (unpaired) electrons. The predicted octanol–water partition coefficient (Wildman–Crippen LogP) is 12.2. The number of anilines is 3. The van der Waals surface area contributed by atoms with Gasteiger partial charge in [-0.2, -0.15) is 0 Å². The van der Waals surface area contributed by atoms with Gasteiger partial charge in [-0.25, -0.2) is 0 Å². The monoisotopic (exact) mass is 567 g/mol. The Morgan fingerprint density at radius 1 is 0.442 bits per heavy atom. The summed E-state index contributed by atoms with van der Waals surface area (Å²) in [6.07, 6.45) is 0. The van der Waals surface area contributed by atoms with Crippen molar-refractivity contribution >= 4 is 81.3 Å². The lowest BCUT2D eigenvalue weighted by Crippen LogP contribution is -2.10. The molecule has 0 bridgehead atoms.